The summed E-state index contributed by atoms with van der Waals surface area (Å²) in [5.74, 6) is 1.98. The maximum atomic E-state index is 12.4. The van der Waals surface area contributed by atoms with Crippen LogP contribution in [0.4, 0.5) is 5.82 Å². The Morgan fingerprint density at radius 2 is 1.96 bits per heavy atom. The highest BCUT2D eigenvalue weighted by atomic mass is 16.5. The van der Waals surface area contributed by atoms with Gasteiger partial charge in [-0.1, -0.05) is 6.92 Å². The summed E-state index contributed by atoms with van der Waals surface area (Å²) in [6, 6.07) is 6.13. The number of nitrogens with zero attached hydrogens (tertiary/aromatic N) is 2. The average Bonchev–Trinajstić information content (AvgIpc) is 2.60. The molecule has 0 spiro atoms. The van der Waals surface area contributed by atoms with E-state index >= 15 is 0 Å². The van der Waals surface area contributed by atoms with Crippen LogP contribution >= 0.6 is 0 Å². The molecule has 0 bridgehead atoms. The molecule has 2 aromatic rings. The molecule has 0 aliphatic carbocycles. The molecule has 1 atom stereocenters. The summed E-state index contributed by atoms with van der Waals surface area (Å²) in [6.07, 6.45) is 1.73. The molecule has 2 heterocycles. The molecular weight excluding hydrogens is 306 g/mol. The molecule has 24 heavy (non-hydrogen) atoms. The average molecular weight is 329 g/mol. The number of anilines is 1. The third kappa shape index (κ3) is 2.84. The smallest absolute Gasteiger partial charge is 0.349 e. The summed E-state index contributed by atoms with van der Waals surface area (Å²) < 4.78 is 12.5. The summed E-state index contributed by atoms with van der Waals surface area (Å²) in [5, 5.41) is 3.28. The molecule has 0 radical (unpaired) electrons. The van der Waals surface area contributed by atoms with E-state index in [1.165, 1.54) is 0 Å². The quantitative estimate of drug-likeness (QED) is 0.913. The molecule has 1 N–H and O–H groups in total. The molecule has 0 fully saturated rings. The van der Waals surface area contributed by atoms with Crippen LogP contribution in [0.3, 0.4) is 0 Å². The van der Waals surface area contributed by atoms with Gasteiger partial charge in [-0.15, -0.1) is 0 Å². The SMILES string of the molecule is CC[C@@H](C)Nc1cc2n(c(=O)n1)CCc1cc(OC)c(OC)cc1-2. The number of nitrogens with one attached hydrogen (secondary N) is 1. The van der Waals surface area contributed by atoms with Crippen LogP contribution in [0.5, 0.6) is 11.5 Å². The standard InChI is InChI=1S/C18H23N3O3/c1-5-11(2)19-17-10-14-13-9-16(24-4)15(23-3)8-12(13)6-7-21(14)18(22)20-17/h8-11H,5-7H2,1-4H3,(H,19,20,22)/t11-/m1/s1. The molecule has 0 amide bonds. The number of hydrogen-bond donors (Lipinski definition) is 1. The Morgan fingerprint density at radius 3 is 2.62 bits per heavy atom. The highest BCUT2D eigenvalue weighted by Gasteiger charge is 2.21. The van der Waals surface area contributed by atoms with Crippen molar-refractivity contribution >= 4 is 5.82 Å². The van der Waals surface area contributed by atoms with Gasteiger partial charge in [0.25, 0.3) is 0 Å². The van der Waals surface area contributed by atoms with Crippen molar-refractivity contribution in [1.29, 1.82) is 0 Å². The lowest BCUT2D eigenvalue weighted by molar-refractivity contribution is 0.354. The van der Waals surface area contributed by atoms with Crippen LogP contribution < -0.4 is 20.5 Å². The fraction of sp³-hybridized carbons (Fsp3) is 0.444. The topological polar surface area (TPSA) is 65.4 Å². The molecule has 128 valence electrons. The van der Waals surface area contributed by atoms with E-state index in [0.29, 0.717) is 23.9 Å². The summed E-state index contributed by atoms with van der Waals surface area (Å²) in [7, 11) is 3.24. The molecule has 0 unspecified atom stereocenters. The molecule has 6 heteroatoms. The van der Waals surface area contributed by atoms with E-state index in [1.807, 2.05) is 18.2 Å². The third-order valence-electron chi connectivity index (χ3n) is 4.51. The lowest BCUT2D eigenvalue weighted by Gasteiger charge is -2.24. The van der Waals surface area contributed by atoms with Crippen LogP contribution in [-0.4, -0.2) is 29.8 Å². The second kappa shape index (κ2) is 6.55. The molecule has 0 saturated heterocycles. The highest BCUT2D eigenvalue weighted by molar-refractivity contribution is 5.71. The number of hydrogen-bond acceptors (Lipinski definition) is 5. The van der Waals surface area contributed by atoms with Crippen LogP contribution in [0.1, 0.15) is 25.8 Å². The zero-order valence-corrected chi connectivity index (χ0v) is 14.5. The Balaban J connectivity index is 2.14. The van der Waals surface area contributed by atoms with Crippen LogP contribution in [0.15, 0.2) is 23.0 Å². The van der Waals surface area contributed by atoms with E-state index in [4.69, 9.17) is 9.47 Å². The molecule has 1 aliphatic rings. The van der Waals surface area contributed by atoms with Crippen molar-refractivity contribution in [3.63, 3.8) is 0 Å². The zero-order valence-electron chi connectivity index (χ0n) is 14.5. The monoisotopic (exact) mass is 329 g/mol. The number of ether oxygens (including phenoxy) is 2. The predicted octanol–water partition coefficient (Wildman–Crippen LogP) is 2.69. The van der Waals surface area contributed by atoms with Gasteiger partial charge < -0.3 is 14.8 Å². The van der Waals surface area contributed by atoms with Crippen molar-refractivity contribution in [2.75, 3.05) is 19.5 Å². The Hall–Kier alpha value is -2.50. The van der Waals surface area contributed by atoms with Crippen molar-refractivity contribution in [2.24, 2.45) is 0 Å². The minimum absolute atomic E-state index is 0.223. The van der Waals surface area contributed by atoms with E-state index in [-0.39, 0.29) is 11.7 Å². The number of aromatic nitrogens is 2. The zero-order chi connectivity index (χ0) is 17.3. The van der Waals surface area contributed by atoms with E-state index in [0.717, 1.165) is 29.7 Å². The summed E-state index contributed by atoms with van der Waals surface area (Å²) in [6.45, 7) is 4.78. The largest absolute Gasteiger partial charge is 0.493 e. The van der Waals surface area contributed by atoms with Gasteiger partial charge in [0.15, 0.2) is 11.5 Å². The van der Waals surface area contributed by atoms with E-state index in [2.05, 4.69) is 24.1 Å². The molecule has 1 aromatic heterocycles. The minimum Gasteiger partial charge on any atom is -0.493 e. The lowest BCUT2D eigenvalue weighted by Crippen LogP contribution is -2.30. The van der Waals surface area contributed by atoms with Gasteiger partial charge in [0.1, 0.15) is 5.82 Å². The van der Waals surface area contributed by atoms with E-state index in [9.17, 15) is 4.79 Å². The van der Waals surface area contributed by atoms with Gasteiger partial charge in [0, 0.05) is 24.2 Å². The van der Waals surface area contributed by atoms with Gasteiger partial charge in [-0.05, 0) is 37.5 Å². The molecule has 1 aliphatic heterocycles. The number of rotatable bonds is 5. The number of fused-ring (bicyclic) bond motifs is 3. The maximum absolute atomic E-state index is 12.4. The first-order valence-electron chi connectivity index (χ1n) is 8.21. The van der Waals surface area contributed by atoms with Crippen LogP contribution in [0.25, 0.3) is 11.3 Å². The minimum atomic E-state index is -0.223. The van der Waals surface area contributed by atoms with Crippen molar-refractivity contribution in [2.45, 2.75) is 39.3 Å². The van der Waals surface area contributed by atoms with Gasteiger partial charge in [-0.3, -0.25) is 4.57 Å². The van der Waals surface area contributed by atoms with E-state index < -0.39 is 0 Å². The van der Waals surface area contributed by atoms with Crippen molar-refractivity contribution in [1.82, 2.24) is 9.55 Å². The second-order valence-corrected chi connectivity index (χ2v) is 6.03. The van der Waals surface area contributed by atoms with Crippen LogP contribution in [-0.2, 0) is 13.0 Å². The molecule has 0 saturated carbocycles. The Morgan fingerprint density at radius 1 is 1.25 bits per heavy atom. The van der Waals surface area contributed by atoms with Gasteiger partial charge in [0.2, 0.25) is 0 Å². The third-order valence-corrected chi connectivity index (χ3v) is 4.51. The Kier molecular flexibility index (Phi) is 4.46. The van der Waals surface area contributed by atoms with Gasteiger partial charge in [-0.25, -0.2) is 4.79 Å². The molecule has 3 rings (SSSR count). The van der Waals surface area contributed by atoms with Crippen molar-refractivity contribution in [3.8, 4) is 22.8 Å². The first kappa shape index (κ1) is 16.4. The maximum Gasteiger partial charge on any atom is 0.349 e. The second-order valence-electron chi connectivity index (χ2n) is 6.03. The fourth-order valence-electron chi connectivity index (χ4n) is 2.97. The number of methoxy groups -OCH3 is 2. The first-order valence-corrected chi connectivity index (χ1v) is 8.21. The summed E-state index contributed by atoms with van der Waals surface area (Å²) in [5.41, 5.74) is 2.78. The first-order chi connectivity index (χ1) is 11.6. The highest BCUT2D eigenvalue weighted by Crippen LogP contribution is 2.38. The predicted molar refractivity (Wildman–Crippen MR) is 94.1 cm³/mol. The van der Waals surface area contributed by atoms with Gasteiger partial charge in [-0.2, -0.15) is 4.98 Å². The van der Waals surface area contributed by atoms with Crippen LogP contribution in [0, 0.1) is 0 Å². The lowest BCUT2D eigenvalue weighted by atomic mass is 9.97. The summed E-state index contributed by atoms with van der Waals surface area (Å²) >= 11 is 0. The summed E-state index contributed by atoms with van der Waals surface area (Å²) in [4.78, 5) is 16.6. The van der Waals surface area contributed by atoms with Crippen molar-refractivity contribution in [3.05, 3.63) is 34.2 Å². The normalized spacial score (nSPS) is 13.7. The number of aryl methyl sites for hydroxylation is 1. The van der Waals surface area contributed by atoms with E-state index in [1.54, 1.807) is 18.8 Å². The molecule has 6 nitrogen and oxygen atoms in total. The molecule has 1 aromatic carbocycles. The molecular formula is C18H23N3O3. The van der Waals surface area contributed by atoms with Crippen molar-refractivity contribution < 1.29 is 9.47 Å². The van der Waals surface area contributed by atoms with Crippen LogP contribution in [0.2, 0.25) is 0 Å². The Labute approximate surface area is 141 Å². The van der Waals surface area contributed by atoms with Gasteiger partial charge in [0.05, 0.1) is 19.9 Å². The fourth-order valence-corrected chi connectivity index (χ4v) is 2.97. The Bertz CT molecular complexity index is 814. The number of benzene rings is 1. The van der Waals surface area contributed by atoms with Gasteiger partial charge >= 0.3 is 5.69 Å².